The van der Waals surface area contributed by atoms with Gasteiger partial charge in [-0.3, -0.25) is 5.43 Å². The number of benzene rings is 2. The SMILES string of the molecule is CCNC(=S)N/N=C\c1cc(I)c(OCc2cccc(C(=O)O)c2)c(OC)c1. The fourth-order valence-electron chi connectivity index (χ4n) is 2.27. The highest BCUT2D eigenvalue weighted by Crippen LogP contribution is 2.34. The molecule has 2 aromatic carbocycles. The smallest absolute Gasteiger partial charge is 0.335 e. The number of thiocarbonyl (C=S) groups is 1. The Morgan fingerprint density at radius 2 is 2.14 bits per heavy atom. The van der Waals surface area contributed by atoms with E-state index in [9.17, 15) is 4.79 Å². The van der Waals surface area contributed by atoms with E-state index in [1.165, 1.54) is 0 Å². The molecule has 0 bridgehead atoms. The molecule has 0 spiro atoms. The van der Waals surface area contributed by atoms with Crippen molar-refractivity contribution in [2.24, 2.45) is 5.10 Å². The molecule has 0 heterocycles. The molecular formula is C19H20IN3O4S. The van der Waals surface area contributed by atoms with Gasteiger partial charge in [-0.2, -0.15) is 5.10 Å². The summed E-state index contributed by atoms with van der Waals surface area (Å²) in [6, 6.07) is 10.3. The van der Waals surface area contributed by atoms with E-state index in [1.807, 2.05) is 19.1 Å². The molecule has 0 aliphatic heterocycles. The summed E-state index contributed by atoms with van der Waals surface area (Å²) in [4.78, 5) is 11.1. The van der Waals surface area contributed by atoms with Crippen molar-refractivity contribution >= 4 is 52.1 Å². The van der Waals surface area contributed by atoms with Crippen LogP contribution < -0.4 is 20.2 Å². The Hall–Kier alpha value is -2.40. The number of carboxylic acid groups (broad SMARTS) is 1. The minimum Gasteiger partial charge on any atom is -0.493 e. The highest BCUT2D eigenvalue weighted by Gasteiger charge is 2.12. The third-order valence-corrected chi connectivity index (χ3v) is 4.56. The van der Waals surface area contributed by atoms with Crippen LogP contribution in [0.3, 0.4) is 0 Å². The highest BCUT2D eigenvalue weighted by atomic mass is 127. The Morgan fingerprint density at radius 1 is 1.36 bits per heavy atom. The summed E-state index contributed by atoms with van der Waals surface area (Å²) in [6.07, 6.45) is 1.63. The van der Waals surface area contributed by atoms with Gasteiger partial charge in [-0.25, -0.2) is 4.79 Å². The lowest BCUT2D eigenvalue weighted by molar-refractivity contribution is 0.0696. The first-order valence-corrected chi connectivity index (χ1v) is 9.82. The van der Waals surface area contributed by atoms with Crippen molar-refractivity contribution < 1.29 is 19.4 Å². The number of hydrogen-bond donors (Lipinski definition) is 3. The summed E-state index contributed by atoms with van der Waals surface area (Å²) in [5.74, 6) is 0.161. The number of nitrogens with one attached hydrogen (secondary N) is 2. The molecule has 0 atom stereocenters. The normalized spacial score (nSPS) is 10.5. The van der Waals surface area contributed by atoms with Gasteiger partial charge in [0, 0.05) is 6.54 Å². The van der Waals surface area contributed by atoms with Gasteiger partial charge in [-0.15, -0.1) is 0 Å². The summed E-state index contributed by atoms with van der Waals surface area (Å²) in [6.45, 7) is 2.88. The van der Waals surface area contributed by atoms with Gasteiger partial charge in [-0.1, -0.05) is 12.1 Å². The zero-order chi connectivity index (χ0) is 20.5. The second-order valence-electron chi connectivity index (χ2n) is 5.56. The lowest BCUT2D eigenvalue weighted by Crippen LogP contribution is -2.31. The van der Waals surface area contributed by atoms with E-state index in [0.717, 1.165) is 14.7 Å². The zero-order valence-corrected chi connectivity index (χ0v) is 18.3. The molecule has 0 fully saturated rings. The number of hydrazone groups is 1. The number of carboxylic acids is 1. The molecule has 0 unspecified atom stereocenters. The van der Waals surface area contributed by atoms with E-state index in [0.29, 0.717) is 23.2 Å². The van der Waals surface area contributed by atoms with Crippen LogP contribution in [-0.2, 0) is 6.61 Å². The summed E-state index contributed by atoms with van der Waals surface area (Å²) in [5, 5.41) is 16.6. The Morgan fingerprint density at radius 3 is 2.82 bits per heavy atom. The van der Waals surface area contributed by atoms with Gasteiger partial charge in [0.2, 0.25) is 0 Å². The Balaban J connectivity index is 2.12. The van der Waals surface area contributed by atoms with Gasteiger partial charge in [0.1, 0.15) is 6.61 Å². The standard InChI is InChI=1S/C19H20IN3O4S/c1-3-21-19(28)23-22-10-13-8-15(20)17(16(9-13)26-2)27-11-12-5-4-6-14(7-12)18(24)25/h4-10H,3,11H2,1-2H3,(H,24,25)(H2,21,23,28)/b22-10-. The van der Waals surface area contributed by atoms with E-state index in [2.05, 4.69) is 38.4 Å². The summed E-state index contributed by atoms with van der Waals surface area (Å²) in [5.41, 5.74) is 4.52. The highest BCUT2D eigenvalue weighted by molar-refractivity contribution is 14.1. The monoisotopic (exact) mass is 513 g/mol. The van der Waals surface area contributed by atoms with Gasteiger partial charge in [0.15, 0.2) is 16.6 Å². The summed E-state index contributed by atoms with van der Waals surface area (Å²) < 4.78 is 12.2. The van der Waals surface area contributed by atoms with Crippen LogP contribution in [0, 0.1) is 3.57 Å². The molecule has 148 valence electrons. The van der Waals surface area contributed by atoms with Crippen LogP contribution in [0.25, 0.3) is 0 Å². The molecule has 0 aliphatic carbocycles. The number of carbonyl (C=O) groups is 1. The van der Waals surface area contributed by atoms with Gasteiger partial charge >= 0.3 is 5.97 Å². The molecule has 28 heavy (non-hydrogen) atoms. The van der Waals surface area contributed by atoms with Gasteiger partial charge in [0.25, 0.3) is 0 Å². The minimum atomic E-state index is -0.972. The van der Waals surface area contributed by atoms with E-state index in [1.54, 1.807) is 37.6 Å². The van der Waals surface area contributed by atoms with E-state index >= 15 is 0 Å². The molecule has 0 amide bonds. The first kappa shape index (κ1) is 21.9. The van der Waals surface area contributed by atoms with E-state index < -0.39 is 5.97 Å². The molecule has 7 nitrogen and oxygen atoms in total. The predicted molar refractivity (Wildman–Crippen MR) is 120 cm³/mol. The third-order valence-electron chi connectivity index (χ3n) is 3.53. The number of halogens is 1. The molecule has 0 aliphatic rings. The van der Waals surface area contributed by atoms with Crippen LogP contribution in [0.2, 0.25) is 0 Å². The van der Waals surface area contributed by atoms with E-state index in [4.69, 9.17) is 26.8 Å². The number of aromatic carboxylic acids is 1. The third kappa shape index (κ3) is 6.34. The Bertz CT molecular complexity index is 889. The lowest BCUT2D eigenvalue weighted by Gasteiger charge is -2.14. The summed E-state index contributed by atoms with van der Waals surface area (Å²) >= 11 is 7.21. The number of rotatable bonds is 8. The molecule has 0 radical (unpaired) electrons. The topological polar surface area (TPSA) is 92.2 Å². The number of nitrogens with zero attached hydrogens (tertiary/aromatic N) is 1. The Labute approximate surface area is 182 Å². The maximum atomic E-state index is 11.1. The molecule has 9 heteroatoms. The van der Waals surface area contributed by atoms with Crippen molar-refractivity contribution in [3.63, 3.8) is 0 Å². The molecule has 3 N–H and O–H groups in total. The van der Waals surface area contributed by atoms with Gasteiger partial charge < -0.3 is 19.9 Å². The van der Waals surface area contributed by atoms with Crippen molar-refractivity contribution in [2.75, 3.05) is 13.7 Å². The van der Waals surface area contributed by atoms with Gasteiger partial charge in [0.05, 0.1) is 22.5 Å². The lowest BCUT2D eigenvalue weighted by atomic mass is 10.1. The van der Waals surface area contributed by atoms with Crippen LogP contribution in [-0.4, -0.2) is 36.1 Å². The quantitative estimate of drug-likeness (QED) is 0.216. The van der Waals surface area contributed by atoms with Crippen molar-refractivity contribution in [3.05, 3.63) is 56.7 Å². The fourth-order valence-corrected chi connectivity index (χ4v) is 3.25. The average Bonchev–Trinajstić information content (AvgIpc) is 2.67. The predicted octanol–water partition coefficient (Wildman–Crippen LogP) is 3.39. The zero-order valence-electron chi connectivity index (χ0n) is 15.4. The minimum absolute atomic E-state index is 0.220. The van der Waals surface area contributed by atoms with Crippen molar-refractivity contribution in [1.29, 1.82) is 0 Å². The maximum absolute atomic E-state index is 11.1. The van der Waals surface area contributed by atoms with Crippen molar-refractivity contribution in [2.45, 2.75) is 13.5 Å². The van der Waals surface area contributed by atoms with E-state index in [-0.39, 0.29) is 12.2 Å². The van der Waals surface area contributed by atoms with Crippen LogP contribution in [0.5, 0.6) is 11.5 Å². The maximum Gasteiger partial charge on any atom is 0.335 e. The Kier molecular flexibility index (Phi) is 8.45. The second-order valence-corrected chi connectivity index (χ2v) is 7.13. The van der Waals surface area contributed by atoms with Crippen LogP contribution in [0.1, 0.15) is 28.4 Å². The molecule has 2 aromatic rings. The first-order chi connectivity index (χ1) is 13.4. The fraction of sp³-hybridized carbons (Fsp3) is 0.211. The van der Waals surface area contributed by atoms with Crippen LogP contribution >= 0.6 is 34.8 Å². The second kappa shape index (κ2) is 10.8. The molecule has 2 rings (SSSR count). The van der Waals surface area contributed by atoms with Gasteiger partial charge in [-0.05, 0) is 77.1 Å². The molecule has 0 aromatic heterocycles. The molecule has 0 saturated heterocycles. The summed E-state index contributed by atoms with van der Waals surface area (Å²) in [7, 11) is 1.56. The number of methoxy groups -OCH3 is 1. The van der Waals surface area contributed by atoms with Crippen molar-refractivity contribution in [1.82, 2.24) is 10.7 Å². The van der Waals surface area contributed by atoms with Crippen LogP contribution in [0.4, 0.5) is 0 Å². The molecular weight excluding hydrogens is 493 g/mol. The average molecular weight is 513 g/mol. The number of ether oxygens (including phenoxy) is 2. The van der Waals surface area contributed by atoms with Crippen molar-refractivity contribution in [3.8, 4) is 11.5 Å². The first-order valence-electron chi connectivity index (χ1n) is 8.34. The molecule has 0 saturated carbocycles. The largest absolute Gasteiger partial charge is 0.493 e. The number of hydrogen-bond acceptors (Lipinski definition) is 5. The van der Waals surface area contributed by atoms with Crippen LogP contribution in [0.15, 0.2) is 41.5 Å².